The molecule has 0 saturated heterocycles. The fraction of sp³-hybridized carbons (Fsp3) is 0.286. The number of aryl methyl sites for hydroxylation is 2. The van der Waals surface area contributed by atoms with E-state index in [2.05, 4.69) is 15.8 Å². The van der Waals surface area contributed by atoms with Crippen molar-refractivity contribution in [1.29, 1.82) is 0 Å². The van der Waals surface area contributed by atoms with Crippen molar-refractivity contribution in [1.82, 2.24) is 4.98 Å². The van der Waals surface area contributed by atoms with Gasteiger partial charge in [0, 0.05) is 11.5 Å². The molecule has 1 heterocycles. The summed E-state index contributed by atoms with van der Waals surface area (Å²) in [5, 5.41) is 0.927. The number of methoxy groups -OCH3 is 2. The van der Waals surface area contributed by atoms with Crippen molar-refractivity contribution in [3.63, 3.8) is 0 Å². The predicted octanol–water partition coefficient (Wildman–Crippen LogP) is 2.65. The Bertz CT molecular complexity index is 620. The summed E-state index contributed by atoms with van der Waals surface area (Å²) in [5.74, 6) is 0.173. The summed E-state index contributed by atoms with van der Waals surface area (Å²) in [4.78, 5) is 15.9. The lowest BCUT2D eigenvalue weighted by atomic mass is 10.0. The van der Waals surface area contributed by atoms with Gasteiger partial charge in [0.2, 0.25) is 0 Å². The van der Waals surface area contributed by atoms with Crippen LogP contribution in [0.25, 0.3) is 10.9 Å². The monoisotopic (exact) mass is 245 g/mol. The molecule has 4 nitrogen and oxygen atoms in total. The van der Waals surface area contributed by atoms with Crippen molar-refractivity contribution in [3.8, 4) is 5.75 Å². The molecule has 0 spiro atoms. The molecule has 2 rings (SSSR count). The normalized spacial score (nSPS) is 10.4. The minimum Gasteiger partial charge on any atom is -0.496 e. The van der Waals surface area contributed by atoms with E-state index >= 15 is 0 Å². The number of carbonyl (C=O) groups is 1. The third kappa shape index (κ3) is 2.01. The smallest absolute Gasteiger partial charge is 0.356 e. The van der Waals surface area contributed by atoms with Crippen LogP contribution in [0.5, 0.6) is 5.75 Å². The molecule has 0 saturated carbocycles. The maximum atomic E-state index is 11.6. The largest absolute Gasteiger partial charge is 0.496 e. The summed E-state index contributed by atoms with van der Waals surface area (Å²) in [5.41, 5.74) is 3.17. The van der Waals surface area contributed by atoms with Crippen LogP contribution in [-0.2, 0) is 4.74 Å². The molecule has 94 valence electrons. The van der Waals surface area contributed by atoms with E-state index in [9.17, 15) is 4.79 Å². The van der Waals surface area contributed by atoms with Gasteiger partial charge in [-0.2, -0.15) is 0 Å². The summed E-state index contributed by atoms with van der Waals surface area (Å²) in [7, 11) is 2.91. The molecule has 1 aromatic carbocycles. The minimum absolute atomic E-state index is 0.256. The molecule has 0 N–H and O–H groups in total. The van der Waals surface area contributed by atoms with Crippen LogP contribution in [-0.4, -0.2) is 25.2 Å². The van der Waals surface area contributed by atoms with E-state index in [0.29, 0.717) is 5.75 Å². The number of carbonyl (C=O) groups excluding carboxylic acids is 1. The van der Waals surface area contributed by atoms with E-state index in [4.69, 9.17) is 4.74 Å². The van der Waals surface area contributed by atoms with E-state index in [1.54, 1.807) is 13.2 Å². The molecular formula is C14H15NO3. The Morgan fingerprint density at radius 1 is 1.17 bits per heavy atom. The van der Waals surface area contributed by atoms with Crippen molar-refractivity contribution < 1.29 is 14.3 Å². The highest BCUT2D eigenvalue weighted by atomic mass is 16.5. The first-order valence-corrected chi connectivity index (χ1v) is 5.61. The Labute approximate surface area is 106 Å². The van der Waals surface area contributed by atoms with Crippen molar-refractivity contribution in [2.45, 2.75) is 13.8 Å². The van der Waals surface area contributed by atoms with Crippen molar-refractivity contribution >= 4 is 16.9 Å². The number of ether oxygens (including phenoxy) is 2. The molecule has 0 atom stereocenters. The summed E-state index contributed by atoms with van der Waals surface area (Å²) in [6, 6.07) is 5.60. The SMILES string of the molecule is COC(=O)c1cc(OC)c2c(C)cc(C)cc2n1. The molecule has 0 unspecified atom stereocenters. The van der Waals surface area contributed by atoms with Crippen LogP contribution in [0.15, 0.2) is 18.2 Å². The number of benzene rings is 1. The predicted molar refractivity (Wildman–Crippen MR) is 69.1 cm³/mol. The number of hydrogen-bond donors (Lipinski definition) is 0. The van der Waals surface area contributed by atoms with Crippen molar-refractivity contribution in [2.24, 2.45) is 0 Å². The quantitative estimate of drug-likeness (QED) is 0.763. The lowest BCUT2D eigenvalue weighted by molar-refractivity contribution is 0.0594. The maximum absolute atomic E-state index is 11.6. The van der Waals surface area contributed by atoms with Gasteiger partial charge in [0.05, 0.1) is 19.7 Å². The van der Waals surface area contributed by atoms with E-state index < -0.39 is 5.97 Å². The highest BCUT2D eigenvalue weighted by Crippen LogP contribution is 2.29. The third-order valence-electron chi connectivity index (χ3n) is 2.83. The molecule has 0 aliphatic heterocycles. The van der Waals surface area contributed by atoms with Crippen LogP contribution in [0.1, 0.15) is 21.6 Å². The van der Waals surface area contributed by atoms with Crippen LogP contribution in [0.2, 0.25) is 0 Å². The standard InChI is InChI=1S/C14H15NO3/c1-8-5-9(2)13-10(6-8)15-11(14(16)18-4)7-12(13)17-3/h5-7H,1-4H3. The van der Waals surface area contributed by atoms with E-state index in [1.165, 1.54) is 7.11 Å². The van der Waals surface area contributed by atoms with Crippen LogP contribution < -0.4 is 4.74 Å². The van der Waals surface area contributed by atoms with Gasteiger partial charge in [-0.05, 0) is 31.0 Å². The Hall–Kier alpha value is -2.10. The fourth-order valence-corrected chi connectivity index (χ4v) is 2.08. The lowest BCUT2D eigenvalue weighted by Crippen LogP contribution is -2.05. The highest BCUT2D eigenvalue weighted by molar-refractivity contribution is 5.95. The highest BCUT2D eigenvalue weighted by Gasteiger charge is 2.14. The Kier molecular flexibility index (Phi) is 3.19. The van der Waals surface area contributed by atoms with E-state index in [-0.39, 0.29) is 5.69 Å². The van der Waals surface area contributed by atoms with Gasteiger partial charge in [-0.15, -0.1) is 0 Å². The molecule has 2 aromatic rings. The zero-order chi connectivity index (χ0) is 13.3. The van der Waals surface area contributed by atoms with Crippen LogP contribution in [0, 0.1) is 13.8 Å². The summed E-state index contributed by atoms with van der Waals surface area (Å²) < 4.78 is 10.0. The molecule has 0 radical (unpaired) electrons. The summed E-state index contributed by atoms with van der Waals surface area (Å²) in [6.45, 7) is 3.99. The van der Waals surface area contributed by atoms with E-state index in [1.807, 2.05) is 19.9 Å². The number of pyridine rings is 1. The average Bonchev–Trinajstić information content (AvgIpc) is 2.35. The van der Waals surface area contributed by atoms with Gasteiger partial charge in [-0.1, -0.05) is 6.07 Å². The fourth-order valence-electron chi connectivity index (χ4n) is 2.08. The Balaban J connectivity index is 2.79. The van der Waals surface area contributed by atoms with Gasteiger partial charge in [-0.3, -0.25) is 0 Å². The number of esters is 1. The first kappa shape index (κ1) is 12.4. The van der Waals surface area contributed by atoms with Gasteiger partial charge in [-0.25, -0.2) is 9.78 Å². The van der Waals surface area contributed by atoms with E-state index in [0.717, 1.165) is 22.0 Å². The molecule has 0 aliphatic rings. The maximum Gasteiger partial charge on any atom is 0.356 e. The number of fused-ring (bicyclic) bond motifs is 1. The molecule has 0 fully saturated rings. The van der Waals surface area contributed by atoms with Gasteiger partial charge in [0.25, 0.3) is 0 Å². The topological polar surface area (TPSA) is 48.4 Å². The third-order valence-corrected chi connectivity index (χ3v) is 2.83. The first-order chi connectivity index (χ1) is 8.56. The number of nitrogens with zero attached hydrogens (tertiary/aromatic N) is 1. The van der Waals surface area contributed by atoms with Crippen LogP contribution in [0.4, 0.5) is 0 Å². The molecule has 4 heteroatoms. The van der Waals surface area contributed by atoms with Gasteiger partial charge < -0.3 is 9.47 Å². The zero-order valence-electron chi connectivity index (χ0n) is 10.9. The number of aromatic nitrogens is 1. The molecule has 0 bridgehead atoms. The van der Waals surface area contributed by atoms with Gasteiger partial charge >= 0.3 is 5.97 Å². The Morgan fingerprint density at radius 2 is 1.89 bits per heavy atom. The van der Waals surface area contributed by atoms with Gasteiger partial charge in [0.1, 0.15) is 5.75 Å². The second-order valence-corrected chi connectivity index (χ2v) is 4.18. The number of hydrogen-bond acceptors (Lipinski definition) is 4. The molecule has 0 aliphatic carbocycles. The second-order valence-electron chi connectivity index (χ2n) is 4.18. The summed E-state index contributed by atoms with van der Waals surface area (Å²) >= 11 is 0. The minimum atomic E-state index is -0.464. The molecule has 18 heavy (non-hydrogen) atoms. The summed E-state index contributed by atoms with van der Waals surface area (Å²) in [6.07, 6.45) is 0. The molecule has 1 aromatic heterocycles. The van der Waals surface area contributed by atoms with Crippen molar-refractivity contribution in [3.05, 3.63) is 35.0 Å². The zero-order valence-corrected chi connectivity index (χ0v) is 10.9. The van der Waals surface area contributed by atoms with Crippen LogP contribution >= 0.6 is 0 Å². The lowest BCUT2D eigenvalue weighted by Gasteiger charge is -2.10. The second kappa shape index (κ2) is 4.64. The van der Waals surface area contributed by atoms with Gasteiger partial charge in [0.15, 0.2) is 5.69 Å². The molecular weight excluding hydrogens is 230 g/mol. The first-order valence-electron chi connectivity index (χ1n) is 5.61. The Morgan fingerprint density at radius 3 is 2.50 bits per heavy atom. The van der Waals surface area contributed by atoms with Crippen LogP contribution in [0.3, 0.4) is 0 Å². The number of rotatable bonds is 2. The average molecular weight is 245 g/mol. The molecule has 0 amide bonds. The van der Waals surface area contributed by atoms with Crippen molar-refractivity contribution in [2.75, 3.05) is 14.2 Å².